The van der Waals surface area contributed by atoms with Gasteiger partial charge in [0.2, 0.25) is 0 Å². The van der Waals surface area contributed by atoms with Crippen molar-refractivity contribution in [3.8, 4) is 5.75 Å². The second kappa shape index (κ2) is 11.7. The number of pyridine rings is 1. The minimum Gasteiger partial charge on any atom is -0.497 e. The van der Waals surface area contributed by atoms with E-state index in [0.29, 0.717) is 35.7 Å². The highest BCUT2D eigenvalue weighted by molar-refractivity contribution is 8.01. The number of thioether (sulfide) groups is 1. The van der Waals surface area contributed by atoms with Crippen LogP contribution < -0.4 is 4.74 Å². The Kier molecular flexibility index (Phi) is 8.71. The number of aliphatic hydroxyl groups excluding tert-OH is 1. The fourth-order valence-corrected chi connectivity index (χ4v) is 6.81. The number of methoxy groups -OCH3 is 1. The number of nitrogens with zero attached hydrogens (tertiary/aromatic N) is 2. The summed E-state index contributed by atoms with van der Waals surface area (Å²) < 4.78 is 6.62. The van der Waals surface area contributed by atoms with Crippen molar-refractivity contribution in [1.29, 1.82) is 0 Å². The molecule has 34 heavy (non-hydrogen) atoms. The number of thiophene rings is 1. The van der Waals surface area contributed by atoms with Crippen molar-refractivity contribution in [1.82, 2.24) is 9.88 Å². The first-order valence-electron chi connectivity index (χ1n) is 11.4. The molecule has 4 rings (SSSR count). The van der Waals surface area contributed by atoms with E-state index in [0.717, 1.165) is 36.2 Å². The maximum atomic E-state index is 12.0. The molecule has 0 spiro atoms. The molecule has 1 aliphatic rings. The maximum absolute atomic E-state index is 12.0. The molecule has 9 heteroatoms. The van der Waals surface area contributed by atoms with Gasteiger partial charge >= 0.3 is 5.97 Å². The van der Waals surface area contributed by atoms with Crippen molar-refractivity contribution >= 4 is 51.6 Å². The summed E-state index contributed by atoms with van der Waals surface area (Å²) in [5, 5.41) is 24.2. The van der Waals surface area contributed by atoms with E-state index in [4.69, 9.17) is 16.3 Å². The topological polar surface area (TPSA) is 82.9 Å². The summed E-state index contributed by atoms with van der Waals surface area (Å²) in [5.41, 5.74) is 1.36. The van der Waals surface area contributed by atoms with Crippen molar-refractivity contribution in [3.05, 3.63) is 52.5 Å². The minimum atomic E-state index is -0.806. The van der Waals surface area contributed by atoms with Gasteiger partial charge < -0.3 is 19.8 Å². The number of carboxylic acids is 1. The second-order valence-corrected chi connectivity index (χ2v) is 11.3. The standard InChI is InChI=1S/C25H29ClN2O4S2/c1-32-17-5-6-21-18(13-17)24(20(26)14-27-21)22(29)7-4-16-8-9-28(15-19(16)25(30)31)10-12-34-23-3-2-11-33-23/h2-3,5-6,11,13-14,16,19,22,29H,4,7-10,12,15H2,1H3,(H,30,31)/t16-,19+,22+/m1/s1. The Morgan fingerprint density at radius 1 is 1.41 bits per heavy atom. The molecule has 0 bridgehead atoms. The summed E-state index contributed by atoms with van der Waals surface area (Å²) in [6, 6.07) is 9.66. The van der Waals surface area contributed by atoms with Crippen LogP contribution in [0, 0.1) is 11.8 Å². The summed E-state index contributed by atoms with van der Waals surface area (Å²) in [7, 11) is 1.59. The zero-order chi connectivity index (χ0) is 24.1. The van der Waals surface area contributed by atoms with Gasteiger partial charge in [-0.25, -0.2) is 0 Å². The van der Waals surface area contributed by atoms with E-state index >= 15 is 0 Å². The third-order valence-corrected chi connectivity index (χ3v) is 8.93. The maximum Gasteiger partial charge on any atom is 0.308 e. The molecule has 1 aromatic carbocycles. The summed E-state index contributed by atoms with van der Waals surface area (Å²) in [6.07, 6.45) is 2.63. The Hall–Kier alpha value is -1.84. The largest absolute Gasteiger partial charge is 0.497 e. The third kappa shape index (κ3) is 6.04. The van der Waals surface area contributed by atoms with Crippen LogP contribution in [-0.4, -0.2) is 58.6 Å². The molecule has 0 aliphatic carbocycles. The normalized spacial score (nSPS) is 19.9. The van der Waals surface area contributed by atoms with E-state index in [1.807, 2.05) is 36.0 Å². The molecule has 0 amide bonds. The first-order valence-corrected chi connectivity index (χ1v) is 13.6. The Balaban J connectivity index is 1.38. The molecular formula is C25H29ClN2O4S2. The summed E-state index contributed by atoms with van der Waals surface area (Å²) in [6.45, 7) is 2.31. The molecule has 2 N–H and O–H groups in total. The number of carboxylic acid groups (broad SMARTS) is 1. The fraction of sp³-hybridized carbons (Fsp3) is 0.440. The van der Waals surface area contributed by atoms with Crippen LogP contribution in [0.3, 0.4) is 0 Å². The van der Waals surface area contributed by atoms with Gasteiger partial charge in [-0.05, 0) is 61.4 Å². The number of halogens is 1. The lowest BCUT2D eigenvalue weighted by atomic mass is 9.81. The van der Waals surface area contributed by atoms with Gasteiger partial charge in [0.15, 0.2) is 0 Å². The van der Waals surface area contributed by atoms with Crippen LogP contribution in [0.4, 0.5) is 0 Å². The van der Waals surface area contributed by atoms with E-state index in [1.54, 1.807) is 24.6 Å². The van der Waals surface area contributed by atoms with Gasteiger partial charge in [0.25, 0.3) is 0 Å². The van der Waals surface area contributed by atoms with Gasteiger partial charge in [0.1, 0.15) is 5.75 Å². The molecule has 3 aromatic rings. The number of hydrogen-bond donors (Lipinski definition) is 2. The van der Waals surface area contributed by atoms with Crippen LogP contribution in [0.5, 0.6) is 5.75 Å². The zero-order valence-corrected chi connectivity index (χ0v) is 21.4. The lowest BCUT2D eigenvalue weighted by Gasteiger charge is -2.37. The number of aliphatic carboxylic acids is 1. The number of fused-ring (bicyclic) bond motifs is 1. The molecule has 0 saturated carbocycles. The zero-order valence-electron chi connectivity index (χ0n) is 19.0. The molecule has 1 fully saturated rings. The minimum absolute atomic E-state index is 0.0229. The van der Waals surface area contributed by atoms with Gasteiger partial charge in [-0.3, -0.25) is 9.78 Å². The molecular weight excluding hydrogens is 492 g/mol. The first kappa shape index (κ1) is 25.3. The van der Waals surface area contributed by atoms with Crippen molar-refractivity contribution < 1.29 is 19.7 Å². The Morgan fingerprint density at radius 3 is 3.00 bits per heavy atom. The quantitative estimate of drug-likeness (QED) is 0.337. The first-order chi connectivity index (χ1) is 16.5. The lowest BCUT2D eigenvalue weighted by molar-refractivity contribution is -0.146. The third-order valence-electron chi connectivity index (χ3n) is 6.52. The highest BCUT2D eigenvalue weighted by atomic mass is 35.5. The fourth-order valence-electron chi connectivity index (χ4n) is 4.67. The van der Waals surface area contributed by atoms with Crippen LogP contribution in [0.25, 0.3) is 10.9 Å². The number of ether oxygens (including phenoxy) is 1. The number of piperidine rings is 1. The highest BCUT2D eigenvalue weighted by Gasteiger charge is 2.34. The number of carbonyl (C=O) groups is 1. The Labute approximate surface area is 212 Å². The Bertz CT molecular complexity index is 1110. The second-order valence-electron chi connectivity index (χ2n) is 8.57. The molecule has 6 nitrogen and oxygen atoms in total. The van der Waals surface area contributed by atoms with Gasteiger partial charge in [0.05, 0.1) is 33.9 Å². The van der Waals surface area contributed by atoms with Crippen LogP contribution in [-0.2, 0) is 4.79 Å². The molecule has 182 valence electrons. The van der Waals surface area contributed by atoms with Gasteiger partial charge in [-0.2, -0.15) is 0 Å². The van der Waals surface area contributed by atoms with Crippen molar-refractivity contribution in [3.63, 3.8) is 0 Å². The molecule has 1 saturated heterocycles. The average Bonchev–Trinajstić information content (AvgIpc) is 3.36. The number of likely N-dealkylation sites (tertiary alicyclic amines) is 1. The lowest BCUT2D eigenvalue weighted by Crippen LogP contribution is -2.44. The van der Waals surface area contributed by atoms with Crippen molar-refractivity contribution in [2.45, 2.75) is 29.6 Å². The van der Waals surface area contributed by atoms with Crippen LogP contribution >= 0.6 is 34.7 Å². The molecule has 2 aromatic heterocycles. The Morgan fingerprint density at radius 2 is 2.26 bits per heavy atom. The van der Waals surface area contributed by atoms with E-state index in [1.165, 1.54) is 4.21 Å². The van der Waals surface area contributed by atoms with E-state index in [-0.39, 0.29) is 5.92 Å². The molecule has 0 unspecified atom stereocenters. The van der Waals surface area contributed by atoms with Crippen molar-refractivity contribution in [2.24, 2.45) is 11.8 Å². The monoisotopic (exact) mass is 520 g/mol. The predicted octanol–water partition coefficient (Wildman–Crippen LogP) is 5.59. The number of aromatic nitrogens is 1. The number of benzene rings is 1. The number of aliphatic hydroxyl groups is 1. The molecule has 0 radical (unpaired) electrons. The molecule has 3 atom stereocenters. The SMILES string of the molecule is COc1ccc2ncc(Cl)c([C@@H](O)CC[C@@H]3CCN(CCSc4cccs4)C[C@@H]3C(=O)O)c2c1. The van der Waals surface area contributed by atoms with Crippen LogP contribution in [0.2, 0.25) is 5.02 Å². The van der Waals surface area contributed by atoms with Crippen LogP contribution in [0.1, 0.15) is 30.9 Å². The smallest absolute Gasteiger partial charge is 0.308 e. The number of rotatable bonds is 10. The molecule has 3 heterocycles. The average molecular weight is 521 g/mol. The highest BCUT2D eigenvalue weighted by Crippen LogP contribution is 2.37. The summed E-state index contributed by atoms with van der Waals surface area (Å²) in [5.74, 6) is 0.452. The van der Waals surface area contributed by atoms with Gasteiger partial charge in [-0.1, -0.05) is 17.7 Å². The van der Waals surface area contributed by atoms with E-state index in [9.17, 15) is 15.0 Å². The molecule has 1 aliphatic heterocycles. The van der Waals surface area contributed by atoms with E-state index in [2.05, 4.69) is 21.3 Å². The predicted molar refractivity (Wildman–Crippen MR) is 138 cm³/mol. The number of hydrogen-bond acceptors (Lipinski definition) is 7. The van der Waals surface area contributed by atoms with Crippen molar-refractivity contribution in [2.75, 3.05) is 32.5 Å². The van der Waals surface area contributed by atoms with Gasteiger partial charge in [0, 0.05) is 36.0 Å². The van der Waals surface area contributed by atoms with Crippen LogP contribution in [0.15, 0.2) is 46.1 Å². The summed E-state index contributed by atoms with van der Waals surface area (Å²) in [4.78, 5) is 18.7. The van der Waals surface area contributed by atoms with Gasteiger partial charge in [-0.15, -0.1) is 23.1 Å². The summed E-state index contributed by atoms with van der Waals surface area (Å²) >= 11 is 9.98. The van der Waals surface area contributed by atoms with E-state index < -0.39 is 18.0 Å².